The molecule has 4 nitrogen and oxygen atoms in total. The van der Waals surface area contributed by atoms with Crippen molar-refractivity contribution in [2.45, 2.75) is 72.6 Å². The molecule has 194 valence electrons. The molecule has 2 aromatic rings. The van der Waals surface area contributed by atoms with Crippen LogP contribution in [-0.4, -0.2) is 46.8 Å². The van der Waals surface area contributed by atoms with E-state index in [4.69, 9.17) is 18.9 Å². The summed E-state index contributed by atoms with van der Waals surface area (Å²) in [5.74, 6) is 3.31. The molecule has 0 aliphatic heterocycles. The van der Waals surface area contributed by atoms with Crippen LogP contribution in [-0.2, 0) is 0 Å². The van der Waals surface area contributed by atoms with E-state index in [0.717, 1.165) is 28.6 Å². The molecule has 2 aromatic carbocycles. The second-order valence-corrected chi connectivity index (χ2v) is 22.5. The molecule has 0 spiro atoms. The van der Waals surface area contributed by atoms with Crippen LogP contribution < -0.4 is 18.9 Å². The summed E-state index contributed by atoms with van der Waals surface area (Å²) in [6, 6.07) is 12.6. The van der Waals surface area contributed by atoms with Gasteiger partial charge in [-0.05, 0) is 0 Å². The van der Waals surface area contributed by atoms with Gasteiger partial charge in [0.05, 0.1) is 0 Å². The molecule has 2 rings (SSSR count). The third-order valence-corrected chi connectivity index (χ3v) is 22.7. The van der Waals surface area contributed by atoms with Gasteiger partial charge in [0.1, 0.15) is 0 Å². The minimum atomic E-state index is -2.86. The second-order valence-electron chi connectivity index (χ2n) is 9.40. The summed E-state index contributed by atoms with van der Waals surface area (Å²) in [5, 5.41) is 0. The number of hydrogen-bond donors (Lipinski definition) is 0. The Labute approximate surface area is 217 Å². The Morgan fingerprint density at radius 1 is 0.600 bits per heavy atom. The first-order valence-electron chi connectivity index (χ1n) is 13.2. The molecule has 35 heavy (non-hydrogen) atoms. The van der Waals surface area contributed by atoms with Gasteiger partial charge in [-0.15, -0.1) is 0 Å². The Hall–Kier alpha value is -1.82. The molecule has 0 heterocycles. The molecule has 0 aliphatic rings. The van der Waals surface area contributed by atoms with Crippen molar-refractivity contribution in [3.05, 3.63) is 47.5 Å². The Morgan fingerprint density at radius 3 is 1.31 bits per heavy atom. The first-order chi connectivity index (χ1) is 17.0. The van der Waals surface area contributed by atoms with E-state index < -0.39 is 18.4 Å². The molecule has 0 unspecified atom stereocenters. The van der Waals surface area contributed by atoms with Gasteiger partial charge in [-0.2, -0.15) is 0 Å². The van der Waals surface area contributed by atoms with Crippen LogP contribution in [0.1, 0.15) is 70.4 Å². The van der Waals surface area contributed by atoms with Gasteiger partial charge in [-0.3, -0.25) is 0 Å². The maximum absolute atomic E-state index is 5.70. The normalized spacial score (nSPS) is 11.9. The average molecular weight is 589 g/mol. The molecular weight excluding hydrogens is 543 g/mol. The van der Waals surface area contributed by atoms with E-state index in [2.05, 4.69) is 51.1 Å². The van der Waals surface area contributed by atoms with Crippen LogP contribution in [0, 0.1) is 0 Å². The molecule has 0 aromatic heterocycles. The summed E-state index contributed by atoms with van der Waals surface area (Å²) in [7, 11) is 6.89. The van der Waals surface area contributed by atoms with E-state index in [1.54, 1.807) is 32.0 Å². The molecular formula is C30H46O4Sn. The van der Waals surface area contributed by atoms with E-state index in [-0.39, 0.29) is 0 Å². The zero-order valence-electron chi connectivity index (χ0n) is 23.0. The monoisotopic (exact) mass is 590 g/mol. The summed E-state index contributed by atoms with van der Waals surface area (Å²) < 4.78 is 28.3. The number of methoxy groups -OCH3 is 4. The Morgan fingerprint density at radius 2 is 0.971 bits per heavy atom. The van der Waals surface area contributed by atoms with E-state index in [0.29, 0.717) is 0 Å². The zero-order chi connectivity index (χ0) is 25.7. The van der Waals surface area contributed by atoms with Gasteiger partial charge >= 0.3 is 219 Å². The molecule has 5 heteroatoms. The van der Waals surface area contributed by atoms with Crippen molar-refractivity contribution >= 4 is 28.0 Å². The number of benzene rings is 2. The van der Waals surface area contributed by atoms with Crippen molar-refractivity contribution in [1.82, 2.24) is 0 Å². The number of unbranched alkanes of at least 4 members (excludes halogenated alkanes) is 3. The molecule has 0 fully saturated rings. The van der Waals surface area contributed by atoms with Gasteiger partial charge in [0.25, 0.3) is 0 Å². The third-order valence-electron chi connectivity index (χ3n) is 6.95. The molecule has 0 N–H and O–H groups in total. The molecule has 0 bridgehead atoms. The zero-order valence-corrected chi connectivity index (χ0v) is 25.9. The van der Waals surface area contributed by atoms with Crippen LogP contribution >= 0.6 is 0 Å². The molecule has 0 radical (unpaired) electrons. The predicted octanol–water partition coefficient (Wildman–Crippen LogP) is 8.65. The van der Waals surface area contributed by atoms with Crippen molar-refractivity contribution < 1.29 is 18.9 Å². The molecule has 0 atom stereocenters. The van der Waals surface area contributed by atoms with E-state index in [1.165, 1.54) is 57.4 Å². The van der Waals surface area contributed by atoms with Gasteiger partial charge < -0.3 is 0 Å². The fourth-order valence-corrected chi connectivity index (χ4v) is 21.7. The fraction of sp³-hybridized carbons (Fsp3) is 0.533. The van der Waals surface area contributed by atoms with Gasteiger partial charge in [0.2, 0.25) is 0 Å². The summed E-state index contributed by atoms with van der Waals surface area (Å²) >= 11 is -2.86. The summed E-state index contributed by atoms with van der Waals surface area (Å²) in [6.45, 7) is 6.96. The van der Waals surface area contributed by atoms with Crippen LogP contribution in [0.5, 0.6) is 23.0 Å². The average Bonchev–Trinajstić information content (AvgIpc) is 2.91. The second kappa shape index (κ2) is 15.3. The Bertz CT molecular complexity index is 872. The van der Waals surface area contributed by atoms with Crippen LogP contribution in [0.15, 0.2) is 36.4 Å². The molecule has 0 aliphatic carbocycles. The van der Waals surface area contributed by atoms with E-state index in [9.17, 15) is 0 Å². The van der Waals surface area contributed by atoms with Gasteiger partial charge in [-0.1, -0.05) is 0 Å². The quantitative estimate of drug-likeness (QED) is 0.145. The Balaban J connectivity index is 2.85. The van der Waals surface area contributed by atoms with Crippen molar-refractivity contribution in [2.75, 3.05) is 28.4 Å². The molecule has 0 saturated carbocycles. The van der Waals surface area contributed by atoms with Crippen LogP contribution in [0.2, 0.25) is 13.3 Å². The van der Waals surface area contributed by atoms with Crippen molar-refractivity contribution in [3.8, 4) is 23.0 Å². The molecule has 0 amide bonds. The standard InChI is InChI=1S/C18H19O4.3C4H9.Sn/c1-19-15-7-13(8-16(11-15)20-2)5-6-14-9-17(21-3)12-18(10-14)22-4;3*1-3-4-2;/h5,7-12H,1-4H3;3*1,3-4H2,2H3;. The van der Waals surface area contributed by atoms with E-state index in [1.807, 2.05) is 12.1 Å². The van der Waals surface area contributed by atoms with Gasteiger partial charge in [0.15, 0.2) is 0 Å². The van der Waals surface area contributed by atoms with Crippen LogP contribution in [0.3, 0.4) is 0 Å². The minimum absolute atomic E-state index is 0.814. The fourth-order valence-electron chi connectivity index (χ4n) is 4.91. The van der Waals surface area contributed by atoms with Gasteiger partial charge in [0, 0.05) is 0 Å². The van der Waals surface area contributed by atoms with Crippen molar-refractivity contribution in [3.63, 3.8) is 0 Å². The maximum atomic E-state index is 5.70. The summed E-state index contributed by atoms with van der Waals surface area (Å²) in [5.41, 5.74) is 2.38. The Kier molecular flexibility index (Phi) is 12.9. The SMILES string of the molecule is CCC[CH2][Sn]([CH2]CCC)([CH2]CCC)/[C](=C/c1cc(OC)cc(OC)c1)c1cc(OC)cc(OC)c1. The summed E-state index contributed by atoms with van der Waals surface area (Å²) in [6.07, 6.45) is 10.0. The molecule has 0 saturated heterocycles. The van der Waals surface area contributed by atoms with Crippen LogP contribution in [0.4, 0.5) is 0 Å². The first-order valence-corrected chi connectivity index (χ1v) is 20.7. The van der Waals surface area contributed by atoms with E-state index >= 15 is 0 Å². The third kappa shape index (κ3) is 8.37. The summed E-state index contributed by atoms with van der Waals surface area (Å²) in [4.78, 5) is 0. The number of rotatable bonds is 16. The number of hydrogen-bond acceptors (Lipinski definition) is 4. The topological polar surface area (TPSA) is 36.9 Å². The van der Waals surface area contributed by atoms with Crippen molar-refractivity contribution in [2.24, 2.45) is 0 Å². The predicted molar refractivity (Wildman–Crippen MR) is 152 cm³/mol. The van der Waals surface area contributed by atoms with Gasteiger partial charge in [-0.25, -0.2) is 0 Å². The first kappa shape index (κ1) is 29.4. The van der Waals surface area contributed by atoms with Crippen molar-refractivity contribution in [1.29, 1.82) is 0 Å². The van der Waals surface area contributed by atoms with Crippen LogP contribution in [0.25, 0.3) is 9.67 Å². The number of ether oxygens (including phenoxy) is 4.